The van der Waals surface area contributed by atoms with Gasteiger partial charge in [0.05, 0.1) is 22.4 Å². The first-order chi connectivity index (χ1) is 17.3. The molecule has 0 spiro atoms. The van der Waals surface area contributed by atoms with Crippen LogP contribution in [0.3, 0.4) is 0 Å². The first-order valence-corrected chi connectivity index (χ1v) is 12.6. The van der Waals surface area contributed by atoms with E-state index in [0.717, 1.165) is 16.6 Å². The van der Waals surface area contributed by atoms with Crippen LogP contribution in [-0.2, 0) is 10.0 Å². The lowest BCUT2D eigenvalue weighted by atomic mass is 10.1. The summed E-state index contributed by atoms with van der Waals surface area (Å²) in [7, 11) is -3.90. The molecular formula is C27H22N4O4S. The monoisotopic (exact) mass is 498 g/mol. The Morgan fingerprint density at radius 1 is 0.972 bits per heavy atom. The topological polar surface area (TPSA) is 107 Å². The smallest absolute Gasteiger partial charge is 0.345 e. The number of hydrogen-bond acceptors (Lipinski definition) is 6. The highest BCUT2D eigenvalue weighted by molar-refractivity contribution is 7.89. The molecule has 0 saturated carbocycles. The number of aryl methyl sites for hydroxylation is 2. The number of sulfonamides is 1. The molecule has 0 aliphatic rings. The molecule has 8 nitrogen and oxygen atoms in total. The van der Waals surface area contributed by atoms with E-state index in [1.807, 2.05) is 55.5 Å². The molecule has 0 atom stereocenters. The number of nitrogens with one attached hydrogen (secondary N) is 1. The molecule has 0 unspecified atom stereocenters. The van der Waals surface area contributed by atoms with Gasteiger partial charge < -0.3 is 4.42 Å². The minimum Gasteiger partial charge on any atom is -0.422 e. The first kappa shape index (κ1) is 23.3. The van der Waals surface area contributed by atoms with Crippen molar-refractivity contribution in [2.24, 2.45) is 5.10 Å². The molecule has 0 bridgehead atoms. The highest BCUT2D eigenvalue weighted by atomic mass is 32.2. The van der Waals surface area contributed by atoms with Crippen molar-refractivity contribution < 1.29 is 12.8 Å². The van der Waals surface area contributed by atoms with Crippen molar-refractivity contribution in [3.8, 4) is 16.9 Å². The molecule has 2 heterocycles. The predicted molar refractivity (Wildman–Crippen MR) is 139 cm³/mol. The van der Waals surface area contributed by atoms with E-state index >= 15 is 0 Å². The van der Waals surface area contributed by atoms with E-state index in [0.29, 0.717) is 22.4 Å². The lowest BCUT2D eigenvalue weighted by molar-refractivity contribution is 0.563. The highest BCUT2D eigenvalue weighted by Crippen LogP contribution is 2.24. The number of fused-ring (bicyclic) bond motifs is 1. The number of aromatic nitrogens is 2. The second kappa shape index (κ2) is 9.27. The number of nitrogens with zero attached hydrogens (tertiary/aromatic N) is 3. The second-order valence-electron chi connectivity index (χ2n) is 8.32. The first-order valence-electron chi connectivity index (χ1n) is 11.1. The van der Waals surface area contributed by atoms with Crippen molar-refractivity contribution in [3.05, 3.63) is 112 Å². The third kappa shape index (κ3) is 4.56. The van der Waals surface area contributed by atoms with Gasteiger partial charge in [-0.05, 0) is 55.3 Å². The Bertz CT molecular complexity index is 1770. The third-order valence-electron chi connectivity index (χ3n) is 5.67. The molecule has 0 radical (unpaired) electrons. The molecule has 9 heteroatoms. The van der Waals surface area contributed by atoms with E-state index in [4.69, 9.17) is 4.42 Å². The van der Waals surface area contributed by atoms with Gasteiger partial charge in [-0.3, -0.25) is 0 Å². The van der Waals surface area contributed by atoms with Crippen molar-refractivity contribution in [2.45, 2.75) is 18.7 Å². The van der Waals surface area contributed by atoms with E-state index in [9.17, 15) is 13.2 Å². The molecule has 0 saturated heterocycles. The number of benzene rings is 3. The zero-order valence-corrected chi connectivity index (χ0v) is 20.4. The Kier molecular flexibility index (Phi) is 5.99. The van der Waals surface area contributed by atoms with E-state index in [-0.39, 0.29) is 10.5 Å². The second-order valence-corrected chi connectivity index (χ2v) is 9.95. The standard InChI is InChI=1S/C27H22N4O4S/c1-18-12-13-19(2)25(14-18)36(33,34)30-28-16-21-17-31(22-9-4-3-5-10-22)29-26(21)23-15-20-8-6-7-11-24(20)35-27(23)32/h3-17,30H,1-2H3. The molecule has 2 aromatic heterocycles. The van der Waals surface area contributed by atoms with Crippen LogP contribution in [0.15, 0.2) is 104 Å². The molecule has 1 N–H and O–H groups in total. The summed E-state index contributed by atoms with van der Waals surface area (Å²) in [6, 6.07) is 23.4. The molecule has 0 fully saturated rings. The Morgan fingerprint density at radius 3 is 2.53 bits per heavy atom. The quantitative estimate of drug-likeness (QED) is 0.210. The maximum atomic E-state index is 12.9. The van der Waals surface area contributed by atoms with E-state index in [2.05, 4.69) is 15.0 Å². The molecule has 180 valence electrons. The summed E-state index contributed by atoms with van der Waals surface area (Å²) in [6.07, 6.45) is 3.01. The summed E-state index contributed by atoms with van der Waals surface area (Å²) >= 11 is 0. The highest BCUT2D eigenvalue weighted by Gasteiger charge is 2.18. The summed E-state index contributed by atoms with van der Waals surface area (Å²) < 4.78 is 32.8. The van der Waals surface area contributed by atoms with Crippen molar-refractivity contribution in [1.82, 2.24) is 14.6 Å². The lowest BCUT2D eigenvalue weighted by Crippen LogP contribution is -2.19. The van der Waals surface area contributed by atoms with Crippen LogP contribution in [0, 0.1) is 13.8 Å². The van der Waals surface area contributed by atoms with E-state index in [1.54, 1.807) is 48.1 Å². The van der Waals surface area contributed by atoms with Crippen molar-refractivity contribution >= 4 is 27.2 Å². The minimum absolute atomic E-state index is 0.148. The van der Waals surface area contributed by atoms with Gasteiger partial charge in [0.1, 0.15) is 11.3 Å². The predicted octanol–water partition coefficient (Wildman–Crippen LogP) is 4.57. The van der Waals surface area contributed by atoms with E-state index < -0.39 is 15.6 Å². The zero-order chi connectivity index (χ0) is 25.3. The summed E-state index contributed by atoms with van der Waals surface area (Å²) in [5.41, 5.74) is 3.08. The SMILES string of the molecule is Cc1ccc(C)c(S(=O)(=O)NN=Cc2cn(-c3ccccc3)nc2-c2cc3ccccc3oc2=O)c1. The average Bonchev–Trinajstić information content (AvgIpc) is 3.29. The van der Waals surface area contributed by atoms with Crippen LogP contribution >= 0.6 is 0 Å². The average molecular weight is 499 g/mol. The molecule has 5 rings (SSSR count). The van der Waals surface area contributed by atoms with Crippen LogP contribution in [-0.4, -0.2) is 24.4 Å². The molecule has 3 aromatic carbocycles. The Hall–Kier alpha value is -4.50. The fourth-order valence-electron chi connectivity index (χ4n) is 3.84. The summed E-state index contributed by atoms with van der Waals surface area (Å²) in [5, 5.41) is 9.34. The van der Waals surface area contributed by atoms with Gasteiger partial charge in [0.2, 0.25) is 0 Å². The van der Waals surface area contributed by atoms with Crippen LogP contribution in [0.1, 0.15) is 16.7 Å². The maximum Gasteiger partial charge on any atom is 0.345 e. The molecule has 0 amide bonds. The normalized spacial score (nSPS) is 11.8. The van der Waals surface area contributed by atoms with Crippen molar-refractivity contribution in [2.75, 3.05) is 0 Å². The van der Waals surface area contributed by atoms with Gasteiger partial charge in [0, 0.05) is 17.1 Å². The van der Waals surface area contributed by atoms with Crippen LogP contribution in [0.4, 0.5) is 0 Å². The van der Waals surface area contributed by atoms with Crippen LogP contribution in [0.25, 0.3) is 27.9 Å². The largest absolute Gasteiger partial charge is 0.422 e. The van der Waals surface area contributed by atoms with Gasteiger partial charge in [-0.1, -0.05) is 48.5 Å². The van der Waals surface area contributed by atoms with Crippen molar-refractivity contribution in [3.63, 3.8) is 0 Å². The summed E-state index contributed by atoms with van der Waals surface area (Å²) in [6.45, 7) is 3.54. The molecule has 36 heavy (non-hydrogen) atoms. The number of para-hydroxylation sites is 2. The molecule has 5 aromatic rings. The lowest BCUT2D eigenvalue weighted by Gasteiger charge is -2.07. The molecule has 0 aliphatic heterocycles. The Balaban J connectivity index is 1.57. The van der Waals surface area contributed by atoms with Crippen molar-refractivity contribution in [1.29, 1.82) is 0 Å². The number of hydrazone groups is 1. The van der Waals surface area contributed by atoms with Gasteiger partial charge in [-0.25, -0.2) is 14.3 Å². The number of hydrogen-bond donors (Lipinski definition) is 1. The molecule has 0 aliphatic carbocycles. The minimum atomic E-state index is -3.90. The van der Waals surface area contributed by atoms with Gasteiger partial charge in [0.25, 0.3) is 10.0 Å². The fourth-order valence-corrected chi connectivity index (χ4v) is 4.97. The Morgan fingerprint density at radius 2 is 1.72 bits per heavy atom. The van der Waals surface area contributed by atoms with Gasteiger partial charge in [0.15, 0.2) is 0 Å². The van der Waals surface area contributed by atoms with Gasteiger partial charge in [-0.15, -0.1) is 0 Å². The zero-order valence-electron chi connectivity index (χ0n) is 19.5. The van der Waals surface area contributed by atoms with Crippen LogP contribution in [0.5, 0.6) is 0 Å². The van der Waals surface area contributed by atoms with Crippen LogP contribution < -0.4 is 10.5 Å². The summed E-state index contributed by atoms with van der Waals surface area (Å²) in [4.78, 5) is 15.3. The molecular weight excluding hydrogens is 476 g/mol. The third-order valence-corrected chi connectivity index (χ3v) is 7.03. The van der Waals surface area contributed by atoms with Gasteiger partial charge >= 0.3 is 5.63 Å². The number of rotatable bonds is 6. The maximum absolute atomic E-state index is 12.9. The summed E-state index contributed by atoms with van der Waals surface area (Å²) in [5.74, 6) is 0. The van der Waals surface area contributed by atoms with Gasteiger partial charge in [-0.2, -0.15) is 18.6 Å². The van der Waals surface area contributed by atoms with Crippen LogP contribution in [0.2, 0.25) is 0 Å². The Labute approximate surface area is 207 Å². The fraction of sp³-hybridized carbons (Fsp3) is 0.0741. The van der Waals surface area contributed by atoms with E-state index in [1.165, 1.54) is 6.21 Å².